The third-order valence-electron chi connectivity index (χ3n) is 2.53. The van der Waals surface area contributed by atoms with Crippen molar-refractivity contribution in [1.82, 2.24) is 0 Å². The quantitative estimate of drug-likeness (QED) is 0.355. The summed E-state index contributed by atoms with van der Waals surface area (Å²) in [6.45, 7) is 17.4. The summed E-state index contributed by atoms with van der Waals surface area (Å²) < 4.78 is 0. The fourth-order valence-electron chi connectivity index (χ4n) is 1.43. The van der Waals surface area contributed by atoms with Crippen LogP contribution in [0.2, 0.25) is 0 Å². The number of hydrogen-bond acceptors (Lipinski definition) is 0. The standard InChI is InChI=1S/3C7H7.C4H9.Sn/c3*1-7-5-3-2-4-6-7;1-4(2)3;/h3*2-6H,1H2;1-3H3;. The molecule has 0 bridgehead atoms. The summed E-state index contributed by atoms with van der Waals surface area (Å²) in [5, 5.41) is 0. The smallest absolute Gasteiger partial charge is 0.0119 e. The number of hydrogen-bond donors (Lipinski definition) is 0. The van der Waals surface area contributed by atoms with E-state index < -0.39 is 0 Å². The number of rotatable bonds is 0. The van der Waals surface area contributed by atoms with E-state index in [2.05, 4.69) is 40.5 Å². The summed E-state index contributed by atoms with van der Waals surface area (Å²) in [5.41, 5.74) is 3.22. The Bertz CT molecular complexity index is 506. The minimum Gasteiger partial charge on any atom is -0.0952 e. The van der Waals surface area contributed by atoms with Crippen LogP contribution in [-0.4, -0.2) is 23.9 Å². The molecule has 0 aromatic carbocycles. The SMILES string of the molecule is C=C1[CH]C=CC=C1.C=C1[CH]C=CC=C1.C=C1[CH]C=CC=C1.C[C](C)C.[Sn]. The first kappa shape index (κ1) is 26.7. The molecule has 0 amide bonds. The fraction of sp³-hybridized carbons (Fsp3) is 0.120. The van der Waals surface area contributed by atoms with Crippen LogP contribution < -0.4 is 0 Å². The van der Waals surface area contributed by atoms with Gasteiger partial charge in [0.05, 0.1) is 0 Å². The van der Waals surface area contributed by atoms with E-state index in [4.69, 9.17) is 0 Å². The van der Waals surface area contributed by atoms with E-state index in [0.717, 1.165) is 16.7 Å². The monoisotopic (exact) mass is 450 g/mol. The molecule has 0 aromatic rings. The van der Waals surface area contributed by atoms with Gasteiger partial charge in [-0.25, -0.2) is 0 Å². The predicted molar refractivity (Wildman–Crippen MR) is 121 cm³/mol. The molecule has 1 heteroatoms. The molecule has 0 saturated carbocycles. The topological polar surface area (TPSA) is 0 Å². The average Bonchev–Trinajstić information content (AvgIpc) is 2.58. The Kier molecular flexibility index (Phi) is 18.7. The van der Waals surface area contributed by atoms with Crippen molar-refractivity contribution in [3.05, 3.63) is 135 Å². The maximum absolute atomic E-state index is 3.72. The normalized spacial score (nSPS) is 15.9. The third-order valence-corrected chi connectivity index (χ3v) is 2.53. The molecule has 0 fully saturated rings. The van der Waals surface area contributed by atoms with Crippen molar-refractivity contribution in [3.8, 4) is 0 Å². The summed E-state index contributed by atoms with van der Waals surface area (Å²) in [4.78, 5) is 0. The Hall–Kier alpha value is -1.54. The van der Waals surface area contributed by atoms with Crippen molar-refractivity contribution in [3.63, 3.8) is 0 Å². The molecule has 0 saturated heterocycles. The van der Waals surface area contributed by atoms with Crippen LogP contribution in [0.25, 0.3) is 0 Å². The van der Waals surface area contributed by atoms with Crippen LogP contribution in [0.4, 0.5) is 0 Å². The van der Waals surface area contributed by atoms with Crippen molar-refractivity contribution < 1.29 is 0 Å². The minimum atomic E-state index is 0. The Labute approximate surface area is 178 Å². The first-order chi connectivity index (χ1) is 11.9. The molecule has 134 valence electrons. The zero-order valence-corrected chi connectivity index (χ0v) is 19.1. The van der Waals surface area contributed by atoms with Crippen LogP contribution >= 0.6 is 0 Å². The van der Waals surface area contributed by atoms with Crippen molar-refractivity contribution in [2.45, 2.75) is 20.8 Å². The summed E-state index contributed by atoms with van der Waals surface area (Å²) in [6.07, 6.45) is 29.6. The second-order valence-electron chi connectivity index (χ2n) is 5.96. The van der Waals surface area contributed by atoms with Gasteiger partial charge in [-0.1, -0.05) is 113 Å². The van der Waals surface area contributed by atoms with Crippen LogP contribution in [-0.2, 0) is 0 Å². The molecule has 0 nitrogen and oxygen atoms in total. The molecule has 0 unspecified atom stereocenters. The largest absolute Gasteiger partial charge is 0.0952 e. The minimum absolute atomic E-state index is 0. The van der Waals surface area contributed by atoms with Crippen LogP contribution in [0.15, 0.2) is 109 Å². The molecule has 3 aliphatic carbocycles. The summed E-state index contributed by atoms with van der Waals surface area (Å²) in [7, 11) is 0. The molecule has 0 aromatic heterocycles. The first-order valence-electron chi connectivity index (χ1n) is 8.29. The van der Waals surface area contributed by atoms with Crippen LogP contribution in [0.1, 0.15) is 20.8 Å². The van der Waals surface area contributed by atoms with Crippen LogP contribution in [0, 0.1) is 25.2 Å². The molecule has 8 radical (unpaired) electrons. The van der Waals surface area contributed by atoms with Crippen molar-refractivity contribution in [1.29, 1.82) is 0 Å². The van der Waals surface area contributed by atoms with Crippen molar-refractivity contribution in [2.75, 3.05) is 0 Å². The second kappa shape index (κ2) is 18.3. The molecular weight excluding hydrogens is 419 g/mol. The van der Waals surface area contributed by atoms with Gasteiger partial charge < -0.3 is 0 Å². The van der Waals surface area contributed by atoms with E-state index in [1.807, 2.05) is 92.2 Å². The van der Waals surface area contributed by atoms with Crippen LogP contribution in [0.3, 0.4) is 0 Å². The molecule has 0 spiro atoms. The van der Waals surface area contributed by atoms with Gasteiger partial charge in [-0.3, -0.25) is 0 Å². The zero-order valence-electron chi connectivity index (χ0n) is 16.3. The van der Waals surface area contributed by atoms with Crippen molar-refractivity contribution >= 4 is 23.9 Å². The van der Waals surface area contributed by atoms with E-state index in [9.17, 15) is 0 Å². The molecule has 0 aliphatic heterocycles. The fourth-order valence-corrected chi connectivity index (χ4v) is 1.43. The number of allylic oxidation sites excluding steroid dienone is 15. The maximum atomic E-state index is 3.72. The van der Waals surface area contributed by atoms with Crippen molar-refractivity contribution in [2.24, 2.45) is 0 Å². The Balaban J connectivity index is 0. The van der Waals surface area contributed by atoms with Crippen LogP contribution in [0.5, 0.6) is 0 Å². The van der Waals surface area contributed by atoms with Gasteiger partial charge in [-0.05, 0) is 22.6 Å². The van der Waals surface area contributed by atoms with E-state index in [-0.39, 0.29) is 23.9 Å². The van der Waals surface area contributed by atoms with Gasteiger partial charge in [-0.15, -0.1) is 0 Å². The maximum Gasteiger partial charge on any atom is 0.0119 e. The van der Waals surface area contributed by atoms with Gasteiger partial charge in [0, 0.05) is 43.2 Å². The van der Waals surface area contributed by atoms with Gasteiger partial charge in [0.25, 0.3) is 0 Å². The molecule has 3 aliphatic rings. The van der Waals surface area contributed by atoms with Gasteiger partial charge in [-0.2, -0.15) is 0 Å². The molecule has 0 N–H and O–H groups in total. The van der Waals surface area contributed by atoms with E-state index in [0.29, 0.717) is 0 Å². The van der Waals surface area contributed by atoms with Gasteiger partial charge in [0.1, 0.15) is 0 Å². The van der Waals surface area contributed by atoms with E-state index in [1.165, 1.54) is 5.92 Å². The first-order valence-corrected chi connectivity index (χ1v) is 8.29. The van der Waals surface area contributed by atoms with E-state index >= 15 is 0 Å². The third kappa shape index (κ3) is 20.5. The summed E-state index contributed by atoms with van der Waals surface area (Å²) in [6, 6.07) is 0. The summed E-state index contributed by atoms with van der Waals surface area (Å²) >= 11 is 0. The summed E-state index contributed by atoms with van der Waals surface area (Å²) in [5.74, 6) is 1.42. The zero-order chi connectivity index (χ0) is 18.9. The Morgan fingerprint density at radius 1 is 0.500 bits per heavy atom. The molecule has 0 atom stereocenters. The molecule has 3 rings (SSSR count). The molecular formula is C25H30Sn. The van der Waals surface area contributed by atoms with Gasteiger partial charge in [0.15, 0.2) is 0 Å². The van der Waals surface area contributed by atoms with E-state index in [1.54, 1.807) is 0 Å². The average molecular weight is 449 g/mol. The van der Waals surface area contributed by atoms with Gasteiger partial charge >= 0.3 is 0 Å². The predicted octanol–water partition coefficient (Wildman–Crippen LogP) is 6.86. The Morgan fingerprint density at radius 2 is 0.731 bits per heavy atom. The Morgan fingerprint density at radius 3 is 0.808 bits per heavy atom. The van der Waals surface area contributed by atoms with Gasteiger partial charge in [0.2, 0.25) is 0 Å². The second-order valence-corrected chi connectivity index (χ2v) is 5.96. The molecule has 0 heterocycles. The molecule has 26 heavy (non-hydrogen) atoms.